The first-order valence-corrected chi connectivity index (χ1v) is 10.6. The molecule has 0 aliphatic carbocycles. The summed E-state index contributed by atoms with van der Waals surface area (Å²) in [5, 5.41) is 0.977. The number of benzene rings is 3. The molecule has 4 rings (SSSR count). The maximum atomic E-state index is 14.4. The van der Waals surface area contributed by atoms with Crippen molar-refractivity contribution in [2.24, 2.45) is 0 Å². The van der Waals surface area contributed by atoms with E-state index < -0.39 is 0 Å². The second-order valence-electron chi connectivity index (χ2n) is 8.79. The van der Waals surface area contributed by atoms with Crippen molar-refractivity contribution in [1.82, 2.24) is 4.57 Å². The normalized spacial score (nSPS) is 11.8. The lowest BCUT2D eigenvalue weighted by Gasteiger charge is -2.28. The van der Waals surface area contributed by atoms with E-state index in [-0.39, 0.29) is 17.0 Å². The van der Waals surface area contributed by atoms with E-state index in [9.17, 15) is 8.78 Å². The van der Waals surface area contributed by atoms with Crippen LogP contribution < -0.4 is 0 Å². The second kappa shape index (κ2) is 7.81. The van der Waals surface area contributed by atoms with E-state index in [2.05, 4.69) is 56.2 Å². The molecule has 0 amide bonds. The maximum Gasteiger partial charge on any atom is 0.125 e. The average molecular weight is 416 g/mol. The van der Waals surface area contributed by atoms with Gasteiger partial charge in [0.25, 0.3) is 0 Å². The van der Waals surface area contributed by atoms with Crippen LogP contribution in [-0.4, -0.2) is 4.57 Å². The van der Waals surface area contributed by atoms with Crippen LogP contribution in [0.2, 0.25) is 0 Å². The third kappa shape index (κ3) is 3.69. The van der Waals surface area contributed by atoms with Crippen molar-refractivity contribution in [2.45, 2.75) is 39.5 Å². The molecule has 0 atom stereocenters. The average Bonchev–Trinajstić information content (AvgIpc) is 3.09. The zero-order valence-electron chi connectivity index (χ0n) is 18.5. The van der Waals surface area contributed by atoms with Crippen LogP contribution >= 0.6 is 0 Å². The lowest BCUT2D eigenvalue weighted by Crippen LogP contribution is -2.21. The predicted octanol–water partition coefficient (Wildman–Crippen LogP) is 8.30. The lowest BCUT2D eigenvalue weighted by molar-refractivity contribution is 0.485. The van der Waals surface area contributed by atoms with Crippen LogP contribution in [-0.2, 0) is 5.41 Å². The molecule has 0 fully saturated rings. The number of hydrogen-bond donors (Lipinski definition) is 0. The highest BCUT2D eigenvalue weighted by atomic mass is 19.1. The van der Waals surface area contributed by atoms with Crippen molar-refractivity contribution in [3.8, 4) is 16.8 Å². The molecule has 4 aromatic rings. The molecule has 3 aromatic carbocycles. The second-order valence-corrected chi connectivity index (χ2v) is 8.79. The third-order valence-corrected chi connectivity index (χ3v) is 6.21. The quantitative estimate of drug-likeness (QED) is 0.309. The van der Waals surface area contributed by atoms with Gasteiger partial charge in [0.2, 0.25) is 0 Å². The van der Waals surface area contributed by atoms with Crippen molar-refractivity contribution in [1.29, 1.82) is 0 Å². The molecule has 0 aliphatic heterocycles. The standard InChI is InChI=1S/C28H27F2N/c1-6-28(4,5)27-26(20-9-7-19(8-10-20)18(2)3)24-16-13-22(30)17-25(24)31(27)23-14-11-21(29)12-15-23/h7-17H,2,6H2,1,3-5H3. The Kier molecular flexibility index (Phi) is 5.30. The fourth-order valence-corrected chi connectivity index (χ4v) is 4.14. The molecule has 0 N–H and O–H groups in total. The van der Waals surface area contributed by atoms with Gasteiger partial charge in [-0.3, -0.25) is 0 Å². The van der Waals surface area contributed by atoms with Gasteiger partial charge < -0.3 is 4.57 Å². The zero-order chi connectivity index (χ0) is 22.3. The van der Waals surface area contributed by atoms with Crippen molar-refractivity contribution in [2.75, 3.05) is 0 Å². The van der Waals surface area contributed by atoms with Crippen LogP contribution in [0.3, 0.4) is 0 Å². The van der Waals surface area contributed by atoms with E-state index >= 15 is 0 Å². The number of halogens is 2. The minimum absolute atomic E-state index is 0.202. The molecule has 0 unspecified atom stereocenters. The maximum absolute atomic E-state index is 14.4. The van der Waals surface area contributed by atoms with Gasteiger partial charge in [-0.05, 0) is 66.9 Å². The first-order chi connectivity index (χ1) is 14.7. The highest BCUT2D eigenvalue weighted by molar-refractivity contribution is 6.00. The number of nitrogens with zero attached hydrogens (tertiary/aromatic N) is 1. The van der Waals surface area contributed by atoms with Crippen molar-refractivity contribution < 1.29 is 8.78 Å². The van der Waals surface area contributed by atoms with E-state index in [0.717, 1.165) is 51.0 Å². The molecule has 0 saturated carbocycles. The van der Waals surface area contributed by atoms with Crippen LogP contribution in [0, 0.1) is 11.6 Å². The van der Waals surface area contributed by atoms with Gasteiger partial charge in [0.15, 0.2) is 0 Å². The summed E-state index contributed by atoms with van der Waals surface area (Å²) in [6.45, 7) is 12.6. The Morgan fingerprint density at radius 1 is 0.903 bits per heavy atom. The Bertz CT molecular complexity index is 1260. The molecular weight excluding hydrogens is 388 g/mol. The summed E-state index contributed by atoms with van der Waals surface area (Å²) >= 11 is 0. The summed E-state index contributed by atoms with van der Waals surface area (Å²) < 4.78 is 30.1. The number of allylic oxidation sites excluding steroid dienone is 1. The van der Waals surface area contributed by atoms with Gasteiger partial charge in [-0.2, -0.15) is 0 Å². The zero-order valence-corrected chi connectivity index (χ0v) is 18.5. The lowest BCUT2D eigenvalue weighted by atomic mass is 9.82. The number of fused-ring (bicyclic) bond motifs is 1. The number of rotatable bonds is 5. The summed E-state index contributed by atoms with van der Waals surface area (Å²) in [4.78, 5) is 0. The number of aromatic nitrogens is 1. The van der Waals surface area contributed by atoms with E-state index in [1.54, 1.807) is 18.2 Å². The largest absolute Gasteiger partial charge is 0.312 e. The molecule has 0 radical (unpaired) electrons. The summed E-state index contributed by atoms with van der Waals surface area (Å²) in [6, 6.07) is 19.7. The molecular formula is C28H27F2N. The van der Waals surface area contributed by atoms with Gasteiger partial charge in [0.05, 0.1) is 5.52 Å². The molecule has 0 saturated heterocycles. The first kappa shape index (κ1) is 21.0. The minimum Gasteiger partial charge on any atom is -0.312 e. The van der Waals surface area contributed by atoms with Crippen LogP contribution in [0.1, 0.15) is 45.4 Å². The van der Waals surface area contributed by atoms with Gasteiger partial charge in [0.1, 0.15) is 11.6 Å². The molecule has 1 aromatic heterocycles. The molecule has 31 heavy (non-hydrogen) atoms. The van der Waals surface area contributed by atoms with Crippen molar-refractivity contribution >= 4 is 16.5 Å². The van der Waals surface area contributed by atoms with E-state index in [0.29, 0.717) is 0 Å². The predicted molar refractivity (Wildman–Crippen MR) is 127 cm³/mol. The van der Waals surface area contributed by atoms with Gasteiger partial charge in [-0.15, -0.1) is 0 Å². The summed E-state index contributed by atoms with van der Waals surface area (Å²) in [5.41, 5.74) is 6.74. The fourth-order valence-electron chi connectivity index (χ4n) is 4.14. The summed E-state index contributed by atoms with van der Waals surface area (Å²) in [5.74, 6) is -0.586. The molecule has 158 valence electrons. The Morgan fingerprint density at radius 3 is 2.10 bits per heavy atom. The molecule has 0 spiro atoms. The third-order valence-electron chi connectivity index (χ3n) is 6.21. The van der Waals surface area contributed by atoms with Crippen molar-refractivity contribution in [3.63, 3.8) is 0 Å². The van der Waals surface area contributed by atoms with Crippen LogP contribution in [0.25, 0.3) is 33.3 Å². The minimum atomic E-state index is -0.293. The first-order valence-electron chi connectivity index (χ1n) is 10.6. The summed E-state index contributed by atoms with van der Waals surface area (Å²) in [7, 11) is 0. The van der Waals surface area contributed by atoms with Gasteiger partial charge in [-0.25, -0.2) is 8.78 Å². The van der Waals surface area contributed by atoms with Crippen LogP contribution in [0.5, 0.6) is 0 Å². The highest BCUT2D eigenvalue weighted by Gasteiger charge is 2.30. The van der Waals surface area contributed by atoms with E-state index in [4.69, 9.17) is 0 Å². The van der Waals surface area contributed by atoms with E-state index in [1.165, 1.54) is 18.2 Å². The Hall–Kier alpha value is -3.20. The molecule has 1 heterocycles. The monoisotopic (exact) mass is 415 g/mol. The topological polar surface area (TPSA) is 4.93 Å². The Labute approximate surface area is 182 Å². The van der Waals surface area contributed by atoms with Crippen LogP contribution in [0.4, 0.5) is 8.78 Å². The van der Waals surface area contributed by atoms with Crippen molar-refractivity contribution in [3.05, 3.63) is 96.2 Å². The number of hydrogen-bond acceptors (Lipinski definition) is 0. The van der Waals surface area contributed by atoms with Gasteiger partial charge >= 0.3 is 0 Å². The SMILES string of the molecule is C=C(C)c1ccc(-c2c(C(C)(C)CC)n(-c3ccc(F)cc3)c3cc(F)ccc23)cc1. The van der Waals surface area contributed by atoms with Crippen LogP contribution in [0.15, 0.2) is 73.3 Å². The highest BCUT2D eigenvalue weighted by Crippen LogP contribution is 2.44. The Morgan fingerprint density at radius 2 is 1.52 bits per heavy atom. The fraction of sp³-hybridized carbons (Fsp3) is 0.214. The molecule has 0 aliphatic rings. The van der Waals surface area contributed by atoms with E-state index in [1.807, 2.05) is 13.0 Å². The molecule has 1 nitrogen and oxygen atoms in total. The van der Waals surface area contributed by atoms with Gasteiger partial charge in [0, 0.05) is 27.7 Å². The van der Waals surface area contributed by atoms with Gasteiger partial charge in [-0.1, -0.05) is 57.2 Å². The Balaban J connectivity index is 2.13. The smallest absolute Gasteiger partial charge is 0.125 e. The molecule has 3 heteroatoms. The summed E-state index contributed by atoms with van der Waals surface area (Å²) in [6.07, 6.45) is 0.893. The molecule has 0 bridgehead atoms.